The first kappa shape index (κ1) is 16.6. The van der Waals surface area contributed by atoms with Crippen LogP contribution in [0.5, 0.6) is 0 Å². The Hall–Kier alpha value is -3.27. The number of anilines is 3. The highest BCUT2D eigenvalue weighted by Crippen LogP contribution is 2.17. The summed E-state index contributed by atoms with van der Waals surface area (Å²) in [6.07, 6.45) is 10.4. The van der Waals surface area contributed by atoms with Gasteiger partial charge in [0, 0.05) is 28.3 Å². The molecule has 3 rings (SSSR count). The summed E-state index contributed by atoms with van der Waals surface area (Å²) in [5, 5.41) is 6.19. The van der Waals surface area contributed by atoms with Crippen LogP contribution >= 0.6 is 0 Å². The highest BCUT2D eigenvalue weighted by Gasteiger charge is 2.06. The summed E-state index contributed by atoms with van der Waals surface area (Å²) in [6, 6.07) is 14.5. The van der Waals surface area contributed by atoms with E-state index >= 15 is 0 Å². The van der Waals surface area contributed by atoms with Crippen molar-refractivity contribution >= 4 is 23.0 Å². The first-order chi connectivity index (χ1) is 12.1. The molecule has 0 saturated heterocycles. The minimum absolute atomic E-state index is 0.151. The summed E-state index contributed by atoms with van der Waals surface area (Å²) < 4.78 is 0. The molecule has 0 aliphatic heterocycles. The Morgan fingerprint density at radius 3 is 2.36 bits per heavy atom. The number of allylic oxidation sites excluding steroid dienone is 5. The summed E-state index contributed by atoms with van der Waals surface area (Å²) in [7, 11) is 0. The molecule has 0 heterocycles. The van der Waals surface area contributed by atoms with E-state index in [-0.39, 0.29) is 5.91 Å². The van der Waals surface area contributed by atoms with Gasteiger partial charge in [0.05, 0.1) is 0 Å². The van der Waals surface area contributed by atoms with Gasteiger partial charge in [-0.15, -0.1) is 0 Å². The molecule has 4 heteroatoms. The number of rotatable bonds is 4. The standard InChI is InChI=1S/C21H21N3O/c1-15-3-2-4-18(10-5-15)23-19-11-6-16(7-12-19)21(25)24-20-13-8-17(22)9-14-20/h2-15,23H,22H2,1H3,(H,24,25). The van der Waals surface area contributed by atoms with Crippen molar-refractivity contribution in [3.63, 3.8) is 0 Å². The molecule has 1 amide bonds. The van der Waals surface area contributed by atoms with E-state index in [1.165, 1.54) is 0 Å². The fourth-order valence-electron chi connectivity index (χ4n) is 2.43. The van der Waals surface area contributed by atoms with Crippen molar-refractivity contribution in [2.24, 2.45) is 5.92 Å². The van der Waals surface area contributed by atoms with Gasteiger partial charge in [0.2, 0.25) is 0 Å². The van der Waals surface area contributed by atoms with E-state index in [0.29, 0.717) is 17.2 Å². The van der Waals surface area contributed by atoms with E-state index in [1.54, 1.807) is 36.4 Å². The van der Waals surface area contributed by atoms with E-state index in [4.69, 9.17) is 5.73 Å². The topological polar surface area (TPSA) is 67.2 Å². The van der Waals surface area contributed by atoms with E-state index in [9.17, 15) is 4.79 Å². The van der Waals surface area contributed by atoms with Gasteiger partial charge in [-0.25, -0.2) is 0 Å². The number of nitrogens with two attached hydrogens (primary N) is 1. The normalized spacial score (nSPS) is 16.0. The largest absolute Gasteiger partial charge is 0.399 e. The van der Waals surface area contributed by atoms with Crippen LogP contribution in [0.3, 0.4) is 0 Å². The summed E-state index contributed by atoms with van der Waals surface area (Å²) in [4.78, 5) is 12.3. The summed E-state index contributed by atoms with van der Waals surface area (Å²) >= 11 is 0. The van der Waals surface area contributed by atoms with Gasteiger partial charge in [0.25, 0.3) is 5.91 Å². The highest BCUT2D eigenvalue weighted by atomic mass is 16.1. The van der Waals surface area contributed by atoms with Gasteiger partial charge in [-0.3, -0.25) is 4.79 Å². The molecule has 1 atom stereocenters. The third-order valence-electron chi connectivity index (χ3n) is 3.87. The fourth-order valence-corrected chi connectivity index (χ4v) is 2.43. The molecule has 1 aliphatic carbocycles. The van der Waals surface area contributed by atoms with E-state index < -0.39 is 0 Å². The number of carbonyl (C=O) groups is 1. The van der Waals surface area contributed by atoms with Crippen molar-refractivity contribution in [1.82, 2.24) is 0 Å². The lowest BCUT2D eigenvalue weighted by molar-refractivity contribution is 0.102. The van der Waals surface area contributed by atoms with Crippen LogP contribution < -0.4 is 16.4 Å². The molecule has 4 N–H and O–H groups in total. The molecular weight excluding hydrogens is 310 g/mol. The fraction of sp³-hybridized carbons (Fsp3) is 0.0952. The van der Waals surface area contributed by atoms with E-state index in [1.807, 2.05) is 24.3 Å². The van der Waals surface area contributed by atoms with Crippen LogP contribution in [-0.2, 0) is 0 Å². The van der Waals surface area contributed by atoms with Gasteiger partial charge in [-0.2, -0.15) is 0 Å². The van der Waals surface area contributed by atoms with Crippen molar-refractivity contribution in [3.05, 3.63) is 90.2 Å². The minimum Gasteiger partial charge on any atom is -0.399 e. The average molecular weight is 331 g/mol. The molecule has 2 aromatic rings. The Kier molecular flexibility index (Phi) is 5.00. The third-order valence-corrected chi connectivity index (χ3v) is 3.87. The Labute approximate surface area is 147 Å². The number of nitrogens with one attached hydrogen (secondary N) is 2. The number of amides is 1. The second-order valence-electron chi connectivity index (χ2n) is 6.00. The molecule has 4 nitrogen and oxygen atoms in total. The quantitative estimate of drug-likeness (QED) is 0.718. The lowest BCUT2D eigenvalue weighted by Gasteiger charge is -2.09. The number of carbonyl (C=O) groups excluding carboxylic acids is 1. The van der Waals surface area contributed by atoms with Crippen LogP contribution in [0.25, 0.3) is 0 Å². The average Bonchev–Trinajstić information content (AvgIpc) is 2.82. The predicted octanol–water partition coefficient (Wildman–Crippen LogP) is 4.58. The van der Waals surface area contributed by atoms with Gasteiger partial charge in [-0.1, -0.05) is 25.2 Å². The third kappa shape index (κ3) is 4.61. The molecule has 0 aromatic heterocycles. The van der Waals surface area contributed by atoms with Crippen molar-refractivity contribution in [2.45, 2.75) is 6.92 Å². The monoisotopic (exact) mass is 331 g/mol. The zero-order chi connectivity index (χ0) is 17.6. The van der Waals surface area contributed by atoms with Crippen molar-refractivity contribution < 1.29 is 4.79 Å². The molecular formula is C21H21N3O. The maximum Gasteiger partial charge on any atom is 0.255 e. The number of nitrogen functional groups attached to an aromatic ring is 1. The highest BCUT2D eigenvalue weighted by molar-refractivity contribution is 6.04. The van der Waals surface area contributed by atoms with Crippen LogP contribution in [0.2, 0.25) is 0 Å². The maximum atomic E-state index is 12.3. The summed E-state index contributed by atoms with van der Waals surface area (Å²) in [6.45, 7) is 2.14. The van der Waals surface area contributed by atoms with Gasteiger partial charge >= 0.3 is 0 Å². The number of hydrogen-bond acceptors (Lipinski definition) is 3. The molecule has 0 saturated carbocycles. The molecule has 1 aliphatic rings. The van der Waals surface area contributed by atoms with Crippen molar-refractivity contribution in [1.29, 1.82) is 0 Å². The van der Waals surface area contributed by atoms with Gasteiger partial charge in [-0.05, 0) is 66.6 Å². The Morgan fingerprint density at radius 1 is 0.960 bits per heavy atom. The maximum absolute atomic E-state index is 12.3. The number of benzene rings is 2. The van der Waals surface area contributed by atoms with Crippen LogP contribution in [0.15, 0.2) is 84.6 Å². The summed E-state index contributed by atoms with van der Waals surface area (Å²) in [5.74, 6) is 0.275. The molecule has 25 heavy (non-hydrogen) atoms. The zero-order valence-electron chi connectivity index (χ0n) is 14.1. The minimum atomic E-state index is -0.151. The molecule has 0 fully saturated rings. The first-order valence-electron chi connectivity index (χ1n) is 8.21. The number of hydrogen-bond donors (Lipinski definition) is 3. The molecule has 0 bridgehead atoms. The predicted molar refractivity (Wildman–Crippen MR) is 104 cm³/mol. The van der Waals surface area contributed by atoms with Crippen molar-refractivity contribution in [3.8, 4) is 0 Å². The molecule has 0 radical (unpaired) electrons. The summed E-state index contributed by atoms with van der Waals surface area (Å²) in [5.41, 5.74) is 9.58. The molecule has 0 spiro atoms. The van der Waals surface area contributed by atoms with Crippen LogP contribution in [0.1, 0.15) is 17.3 Å². The zero-order valence-corrected chi connectivity index (χ0v) is 14.1. The SMILES string of the molecule is CC1C=CC=C(Nc2ccc(C(=O)Nc3ccc(N)cc3)cc2)C=C1. The molecule has 2 aromatic carbocycles. The van der Waals surface area contributed by atoms with Gasteiger partial charge in [0.1, 0.15) is 0 Å². The smallest absolute Gasteiger partial charge is 0.255 e. The van der Waals surface area contributed by atoms with Crippen LogP contribution in [0, 0.1) is 5.92 Å². The van der Waals surface area contributed by atoms with Gasteiger partial charge in [0.15, 0.2) is 0 Å². The van der Waals surface area contributed by atoms with Crippen molar-refractivity contribution in [2.75, 3.05) is 16.4 Å². The lowest BCUT2D eigenvalue weighted by Crippen LogP contribution is -2.11. The Bertz CT molecular complexity index is 830. The van der Waals surface area contributed by atoms with E-state index in [2.05, 4.69) is 35.8 Å². The first-order valence-corrected chi connectivity index (χ1v) is 8.21. The van der Waals surface area contributed by atoms with Crippen LogP contribution in [-0.4, -0.2) is 5.91 Å². The Balaban J connectivity index is 1.64. The van der Waals surface area contributed by atoms with Gasteiger partial charge < -0.3 is 16.4 Å². The second-order valence-corrected chi connectivity index (χ2v) is 6.00. The van der Waals surface area contributed by atoms with E-state index in [0.717, 1.165) is 17.1 Å². The second kappa shape index (κ2) is 7.53. The molecule has 1 unspecified atom stereocenters. The Morgan fingerprint density at radius 2 is 1.64 bits per heavy atom. The molecule has 126 valence electrons. The van der Waals surface area contributed by atoms with Crippen LogP contribution in [0.4, 0.5) is 17.1 Å². The lowest BCUT2D eigenvalue weighted by atomic mass is 10.1.